The highest BCUT2D eigenvalue weighted by atomic mass is 79.9. The van der Waals surface area contributed by atoms with Crippen molar-refractivity contribution in [2.75, 3.05) is 5.75 Å². The van der Waals surface area contributed by atoms with Gasteiger partial charge in [-0.15, -0.1) is 11.8 Å². The molecule has 0 saturated carbocycles. The van der Waals surface area contributed by atoms with Crippen LogP contribution < -0.4 is 0 Å². The lowest BCUT2D eigenvalue weighted by atomic mass is 9.88. The minimum Gasteiger partial charge on any atom is -0.289 e. The minimum absolute atomic E-state index is 0.198. The topological polar surface area (TPSA) is 17.1 Å². The van der Waals surface area contributed by atoms with E-state index in [-0.39, 0.29) is 5.78 Å². The van der Waals surface area contributed by atoms with Gasteiger partial charge in [0.2, 0.25) is 0 Å². The molecule has 0 spiro atoms. The normalized spacial score (nSPS) is 17.6. The van der Waals surface area contributed by atoms with Crippen LogP contribution in [0.15, 0.2) is 33.7 Å². The third-order valence-corrected chi connectivity index (χ3v) is 3.94. The van der Waals surface area contributed by atoms with Crippen LogP contribution in [0.4, 0.5) is 0 Å². The predicted octanol–water partition coefficient (Wildman–Crippen LogP) is 4.22. The van der Waals surface area contributed by atoms with Gasteiger partial charge in [-0.1, -0.05) is 28.9 Å². The standard InChI is InChI=1S/C13H13BrOS/c1-2-16-8-10-4-3-9-5-6-11(14)7-12(9)13(10)15/h5-8H,2-4H2,1H3. The molecule has 2 rings (SSSR count). The molecule has 1 aromatic rings. The molecule has 0 saturated heterocycles. The number of carbonyl (C=O) groups is 1. The third-order valence-electron chi connectivity index (χ3n) is 2.66. The van der Waals surface area contributed by atoms with Crippen molar-refractivity contribution in [3.63, 3.8) is 0 Å². The molecule has 1 aliphatic rings. The van der Waals surface area contributed by atoms with Gasteiger partial charge in [-0.05, 0) is 41.7 Å². The molecule has 3 heteroatoms. The first-order valence-electron chi connectivity index (χ1n) is 5.36. The van der Waals surface area contributed by atoms with E-state index in [9.17, 15) is 4.79 Å². The molecule has 0 radical (unpaired) electrons. The summed E-state index contributed by atoms with van der Waals surface area (Å²) >= 11 is 5.12. The van der Waals surface area contributed by atoms with Crippen LogP contribution in [0.25, 0.3) is 0 Å². The van der Waals surface area contributed by atoms with Gasteiger partial charge in [0.25, 0.3) is 0 Å². The van der Waals surface area contributed by atoms with Gasteiger partial charge in [-0.3, -0.25) is 4.79 Å². The zero-order valence-corrected chi connectivity index (χ0v) is 11.5. The maximum atomic E-state index is 12.2. The predicted molar refractivity (Wildman–Crippen MR) is 73.0 cm³/mol. The molecule has 0 bridgehead atoms. The largest absolute Gasteiger partial charge is 0.289 e. The van der Waals surface area contributed by atoms with Crippen LogP contribution in [0.1, 0.15) is 29.3 Å². The maximum absolute atomic E-state index is 12.2. The van der Waals surface area contributed by atoms with Crippen LogP contribution in [0.2, 0.25) is 0 Å². The zero-order valence-electron chi connectivity index (χ0n) is 9.13. The molecular weight excluding hydrogens is 284 g/mol. The van der Waals surface area contributed by atoms with Crippen LogP contribution in [-0.4, -0.2) is 11.5 Å². The van der Waals surface area contributed by atoms with Crippen LogP contribution in [0.3, 0.4) is 0 Å². The van der Waals surface area contributed by atoms with E-state index in [1.807, 2.05) is 23.6 Å². The third kappa shape index (κ3) is 2.41. The first-order chi connectivity index (χ1) is 7.72. The molecule has 0 aliphatic heterocycles. The van der Waals surface area contributed by atoms with E-state index < -0.39 is 0 Å². The van der Waals surface area contributed by atoms with Gasteiger partial charge < -0.3 is 0 Å². The van der Waals surface area contributed by atoms with Gasteiger partial charge >= 0.3 is 0 Å². The quantitative estimate of drug-likeness (QED) is 0.760. The van der Waals surface area contributed by atoms with Gasteiger partial charge in [-0.25, -0.2) is 0 Å². The summed E-state index contributed by atoms with van der Waals surface area (Å²) in [4.78, 5) is 12.2. The molecule has 0 atom stereocenters. The molecule has 0 aromatic heterocycles. The van der Waals surface area contributed by atoms with Crippen LogP contribution >= 0.6 is 27.7 Å². The monoisotopic (exact) mass is 296 g/mol. The van der Waals surface area contributed by atoms with Crippen molar-refractivity contribution in [3.05, 3.63) is 44.8 Å². The molecular formula is C13H13BrOS. The number of aryl methyl sites for hydroxylation is 1. The first-order valence-corrected chi connectivity index (χ1v) is 7.20. The second-order valence-corrected chi connectivity index (χ2v) is 5.79. The summed E-state index contributed by atoms with van der Waals surface area (Å²) in [6, 6.07) is 5.98. The Bertz CT molecular complexity index is 451. The van der Waals surface area contributed by atoms with Crippen LogP contribution in [0.5, 0.6) is 0 Å². The Morgan fingerprint density at radius 2 is 2.25 bits per heavy atom. The number of rotatable bonds is 2. The molecule has 0 unspecified atom stereocenters. The summed E-state index contributed by atoms with van der Waals surface area (Å²) < 4.78 is 0.976. The van der Waals surface area contributed by atoms with E-state index in [0.29, 0.717) is 0 Å². The number of Topliss-reactive ketones (excluding diaryl/α,β-unsaturated/α-hetero) is 1. The lowest BCUT2D eigenvalue weighted by molar-refractivity contribution is 0.102. The van der Waals surface area contributed by atoms with Crippen molar-refractivity contribution in [1.29, 1.82) is 0 Å². The van der Waals surface area contributed by atoms with Gasteiger partial charge in [-0.2, -0.15) is 0 Å². The van der Waals surface area contributed by atoms with Gasteiger partial charge in [0.05, 0.1) is 0 Å². The lowest BCUT2D eigenvalue weighted by Gasteiger charge is -2.17. The Morgan fingerprint density at radius 1 is 1.44 bits per heavy atom. The number of hydrogen-bond acceptors (Lipinski definition) is 2. The Kier molecular flexibility index (Phi) is 3.87. The molecule has 16 heavy (non-hydrogen) atoms. The van der Waals surface area contributed by atoms with Crippen molar-refractivity contribution in [2.24, 2.45) is 0 Å². The Balaban J connectivity index is 2.34. The Labute approximate surface area is 108 Å². The van der Waals surface area contributed by atoms with E-state index in [2.05, 4.69) is 22.9 Å². The molecule has 0 amide bonds. The van der Waals surface area contributed by atoms with Gasteiger partial charge in [0.15, 0.2) is 5.78 Å². The molecule has 1 aliphatic carbocycles. The number of carbonyl (C=O) groups excluding carboxylic acids is 1. The second kappa shape index (κ2) is 5.19. The van der Waals surface area contributed by atoms with Crippen molar-refractivity contribution in [1.82, 2.24) is 0 Å². The SMILES string of the molecule is CCSC=C1CCc2ccc(Br)cc2C1=O. The average Bonchev–Trinajstić information content (AvgIpc) is 2.29. The lowest BCUT2D eigenvalue weighted by Crippen LogP contribution is -2.13. The van der Waals surface area contributed by atoms with Crippen molar-refractivity contribution in [2.45, 2.75) is 19.8 Å². The number of fused-ring (bicyclic) bond motifs is 1. The summed E-state index contributed by atoms with van der Waals surface area (Å²) in [6.45, 7) is 2.10. The number of hydrogen-bond donors (Lipinski definition) is 0. The molecule has 0 fully saturated rings. The fourth-order valence-corrected chi connectivity index (χ4v) is 2.78. The summed E-state index contributed by atoms with van der Waals surface area (Å²) in [5.74, 6) is 1.21. The smallest absolute Gasteiger partial charge is 0.189 e. The Morgan fingerprint density at radius 3 is 3.00 bits per heavy atom. The Hall–Kier alpha value is -0.540. The summed E-state index contributed by atoms with van der Waals surface area (Å²) in [5, 5.41) is 2.02. The molecule has 0 N–H and O–H groups in total. The van der Waals surface area contributed by atoms with E-state index >= 15 is 0 Å². The average molecular weight is 297 g/mol. The fraction of sp³-hybridized carbons (Fsp3) is 0.308. The second-order valence-electron chi connectivity index (χ2n) is 3.73. The molecule has 1 aromatic carbocycles. The number of halogens is 1. The van der Waals surface area contributed by atoms with Crippen molar-refractivity contribution in [3.8, 4) is 0 Å². The van der Waals surface area contributed by atoms with Crippen LogP contribution in [0, 0.1) is 0 Å². The summed E-state index contributed by atoms with van der Waals surface area (Å²) in [6.07, 6.45) is 1.85. The van der Waals surface area contributed by atoms with E-state index in [1.165, 1.54) is 5.56 Å². The van der Waals surface area contributed by atoms with Crippen LogP contribution in [-0.2, 0) is 6.42 Å². The van der Waals surface area contributed by atoms with E-state index in [4.69, 9.17) is 0 Å². The van der Waals surface area contributed by atoms with Crippen molar-refractivity contribution >= 4 is 33.5 Å². The summed E-state index contributed by atoms with van der Waals surface area (Å²) in [5.41, 5.74) is 2.99. The van der Waals surface area contributed by atoms with Crippen molar-refractivity contribution < 1.29 is 4.79 Å². The van der Waals surface area contributed by atoms with Gasteiger partial charge in [0, 0.05) is 15.6 Å². The number of benzene rings is 1. The fourth-order valence-electron chi connectivity index (χ4n) is 1.83. The number of allylic oxidation sites excluding steroid dienone is 1. The maximum Gasteiger partial charge on any atom is 0.189 e. The highest BCUT2D eigenvalue weighted by Crippen LogP contribution is 2.28. The zero-order chi connectivity index (χ0) is 11.5. The molecule has 84 valence electrons. The molecule has 0 heterocycles. The number of thioether (sulfide) groups is 1. The minimum atomic E-state index is 0.198. The molecule has 1 nitrogen and oxygen atoms in total. The van der Waals surface area contributed by atoms with E-state index in [1.54, 1.807) is 11.8 Å². The first kappa shape index (κ1) is 11.9. The number of ketones is 1. The summed E-state index contributed by atoms with van der Waals surface area (Å²) in [7, 11) is 0. The highest BCUT2D eigenvalue weighted by Gasteiger charge is 2.21. The van der Waals surface area contributed by atoms with E-state index in [0.717, 1.165) is 34.2 Å². The van der Waals surface area contributed by atoms with Gasteiger partial charge in [0.1, 0.15) is 0 Å². The highest BCUT2D eigenvalue weighted by molar-refractivity contribution is 9.10.